The predicted octanol–water partition coefficient (Wildman–Crippen LogP) is 1.76. The lowest BCUT2D eigenvalue weighted by molar-refractivity contribution is -0.141. The fourth-order valence-corrected chi connectivity index (χ4v) is 4.50. The molecule has 3 aliphatic heterocycles. The molecule has 1 spiro atoms. The van der Waals surface area contributed by atoms with Gasteiger partial charge < -0.3 is 9.64 Å². The number of nitrogens with zero attached hydrogens (tertiary/aromatic N) is 4. The molecule has 3 saturated heterocycles. The third kappa shape index (κ3) is 3.72. The lowest BCUT2D eigenvalue weighted by atomic mass is 9.72. The van der Waals surface area contributed by atoms with Crippen LogP contribution in [0.15, 0.2) is 4.63 Å². The van der Waals surface area contributed by atoms with Gasteiger partial charge in [-0.1, -0.05) is 10.3 Å². The predicted molar refractivity (Wildman–Crippen MR) is 90.8 cm³/mol. The fourth-order valence-electron chi connectivity index (χ4n) is 4.50. The van der Waals surface area contributed by atoms with Crippen LogP contribution in [-0.2, 0) is 16.1 Å². The van der Waals surface area contributed by atoms with E-state index in [0.29, 0.717) is 17.7 Å². The highest BCUT2D eigenvalue weighted by atomic mass is 16.6. The van der Waals surface area contributed by atoms with Crippen molar-refractivity contribution in [2.24, 2.45) is 5.41 Å². The number of amides is 1. The maximum Gasteiger partial charge on any atom is 0.222 e. The molecule has 0 N–H and O–H groups in total. The van der Waals surface area contributed by atoms with Crippen LogP contribution in [0.2, 0.25) is 0 Å². The van der Waals surface area contributed by atoms with Crippen molar-refractivity contribution < 1.29 is 14.2 Å². The Hall–Kier alpha value is -1.47. The Morgan fingerprint density at radius 3 is 2.76 bits per heavy atom. The molecule has 1 atom stereocenters. The molecule has 4 heterocycles. The van der Waals surface area contributed by atoms with Gasteiger partial charge in [0.1, 0.15) is 11.4 Å². The van der Waals surface area contributed by atoms with Gasteiger partial charge in [-0.05, 0) is 57.5 Å². The van der Waals surface area contributed by atoms with Crippen LogP contribution in [0.3, 0.4) is 0 Å². The van der Waals surface area contributed by atoms with E-state index in [1.807, 2.05) is 6.92 Å². The zero-order valence-electron chi connectivity index (χ0n) is 15.1. The molecule has 4 rings (SSSR count). The Morgan fingerprint density at radius 1 is 1.24 bits per heavy atom. The molecule has 1 aromatic heterocycles. The highest BCUT2D eigenvalue weighted by Gasteiger charge is 2.41. The number of hydrogen-bond donors (Lipinski definition) is 0. The summed E-state index contributed by atoms with van der Waals surface area (Å²) in [6.07, 6.45) is 6.49. The van der Waals surface area contributed by atoms with Crippen LogP contribution in [0.1, 0.15) is 49.9 Å². The first kappa shape index (κ1) is 17.0. The van der Waals surface area contributed by atoms with Crippen molar-refractivity contribution in [2.45, 2.75) is 58.1 Å². The van der Waals surface area contributed by atoms with Crippen LogP contribution in [0.4, 0.5) is 0 Å². The van der Waals surface area contributed by atoms with Crippen molar-refractivity contribution in [3.05, 3.63) is 11.4 Å². The average molecular weight is 348 g/mol. The summed E-state index contributed by atoms with van der Waals surface area (Å²) in [6.45, 7) is 7.39. The van der Waals surface area contributed by atoms with Crippen LogP contribution in [0.25, 0.3) is 0 Å². The minimum atomic E-state index is 0.252. The van der Waals surface area contributed by atoms with Gasteiger partial charge in [0.15, 0.2) is 0 Å². The van der Waals surface area contributed by atoms with Crippen molar-refractivity contribution >= 4 is 5.91 Å². The first-order valence-corrected chi connectivity index (χ1v) is 9.53. The molecule has 3 fully saturated rings. The summed E-state index contributed by atoms with van der Waals surface area (Å²) < 4.78 is 10.5. The number of carbonyl (C=O) groups excluding carboxylic acids is 1. The molecule has 25 heavy (non-hydrogen) atoms. The van der Waals surface area contributed by atoms with E-state index in [9.17, 15) is 4.79 Å². The minimum absolute atomic E-state index is 0.252. The van der Waals surface area contributed by atoms with Crippen LogP contribution in [-0.4, -0.2) is 64.9 Å². The maximum atomic E-state index is 12.4. The van der Waals surface area contributed by atoms with E-state index in [-0.39, 0.29) is 6.10 Å². The molecule has 7 heteroatoms. The quantitative estimate of drug-likeness (QED) is 0.826. The van der Waals surface area contributed by atoms with Gasteiger partial charge in [-0.3, -0.25) is 9.69 Å². The number of piperidine rings is 2. The Bertz CT molecular complexity index is 603. The summed E-state index contributed by atoms with van der Waals surface area (Å²) in [5.74, 6) is 0.313. The first-order valence-electron chi connectivity index (χ1n) is 9.53. The van der Waals surface area contributed by atoms with Crippen molar-refractivity contribution in [2.75, 3.05) is 32.8 Å². The SMILES string of the molecule is Cc1nonc1CN1CCC2(CCC(=O)N(C[C@H]3CCCO3)C2)CC1. The standard InChI is InChI=1S/C18H28N4O3/c1-14-16(20-25-19-14)12-21-8-6-18(7-9-21)5-4-17(23)22(13-18)11-15-3-2-10-24-15/h15H,2-13H2,1H3/t15-/m1/s1. The van der Waals surface area contributed by atoms with E-state index in [0.717, 1.165) is 82.8 Å². The van der Waals surface area contributed by atoms with Crippen LogP contribution >= 0.6 is 0 Å². The Kier molecular flexibility index (Phi) is 4.78. The molecule has 0 unspecified atom stereocenters. The highest BCUT2D eigenvalue weighted by Crippen LogP contribution is 2.40. The normalized spacial score (nSPS) is 27.3. The molecule has 1 aromatic rings. The third-order valence-corrected chi connectivity index (χ3v) is 6.23. The maximum absolute atomic E-state index is 12.4. The molecule has 0 radical (unpaired) electrons. The Morgan fingerprint density at radius 2 is 2.08 bits per heavy atom. The second kappa shape index (κ2) is 7.03. The van der Waals surface area contributed by atoms with E-state index in [1.165, 1.54) is 0 Å². The fraction of sp³-hybridized carbons (Fsp3) is 0.833. The van der Waals surface area contributed by atoms with E-state index in [4.69, 9.17) is 9.37 Å². The second-order valence-electron chi connectivity index (χ2n) is 7.98. The van der Waals surface area contributed by atoms with Gasteiger partial charge in [-0.2, -0.15) is 0 Å². The molecule has 0 saturated carbocycles. The van der Waals surface area contributed by atoms with E-state index >= 15 is 0 Å². The summed E-state index contributed by atoms with van der Waals surface area (Å²) in [5.41, 5.74) is 2.11. The second-order valence-corrected chi connectivity index (χ2v) is 7.98. The van der Waals surface area contributed by atoms with E-state index in [1.54, 1.807) is 0 Å². The molecular formula is C18H28N4O3. The first-order chi connectivity index (χ1) is 12.1. The minimum Gasteiger partial charge on any atom is -0.376 e. The number of ether oxygens (including phenoxy) is 1. The van der Waals surface area contributed by atoms with Crippen molar-refractivity contribution in [3.8, 4) is 0 Å². The topological polar surface area (TPSA) is 71.7 Å². The molecule has 0 aliphatic carbocycles. The number of aryl methyl sites for hydroxylation is 1. The van der Waals surface area contributed by atoms with Crippen LogP contribution < -0.4 is 0 Å². The molecular weight excluding hydrogens is 320 g/mol. The van der Waals surface area contributed by atoms with Gasteiger partial charge >= 0.3 is 0 Å². The van der Waals surface area contributed by atoms with E-state index < -0.39 is 0 Å². The average Bonchev–Trinajstić information content (AvgIpc) is 3.26. The molecule has 7 nitrogen and oxygen atoms in total. The molecule has 0 aromatic carbocycles. The Balaban J connectivity index is 1.33. The van der Waals surface area contributed by atoms with Gasteiger partial charge in [0, 0.05) is 32.7 Å². The van der Waals surface area contributed by atoms with Gasteiger partial charge in [-0.15, -0.1) is 0 Å². The van der Waals surface area contributed by atoms with Crippen molar-refractivity contribution in [3.63, 3.8) is 0 Å². The van der Waals surface area contributed by atoms with Crippen LogP contribution in [0.5, 0.6) is 0 Å². The Labute approximate surface area is 148 Å². The number of rotatable bonds is 4. The van der Waals surface area contributed by atoms with Gasteiger partial charge in [0.25, 0.3) is 0 Å². The summed E-state index contributed by atoms with van der Waals surface area (Å²) in [4.78, 5) is 16.9. The number of hydrogen-bond acceptors (Lipinski definition) is 6. The smallest absolute Gasteiger partial charge is 0.222 e. The summed E-state index contributed by atoms with van der Waals surface area (Å²) in [7, 11) is 0. The molecule has 1 amide bonds. The third-order valence-electron chi connectivity index (χ3n) is 6.23. The van der Waals surface area contributed by atoms with Crippen LogP contribution in [0, 0.1) is 12.3 Å². The van der Waals surface area contributed by atoms with Gasteiger partial charge in [0.05, 0.1) is 6.10 Å². The lowest BCUT2D eigenvalue weighted by Gasteiger charge is -2.47. The van der Waals surface area contributed by atoms with Gasteiger partial charge in [0.2, 0.25) is 5.91 Å². The summed E-state index contributed by atoms with van der Waals surface area (Å²) in [5, 5.41) is 7.86. The summed E-state index contributed by atoms with van der Waals surface area (Å²) >= 11 is 0. The summed E-state index contributed by atoms with van der Waals surface area (Å²) in [6, 6.07) is 0. The highest BCUT2D eigenvalue weighted by molar-refractivity contribution is 5.77. The largest absolute Gasteiger partial charge is 0.376 e. The van der Waals surface area contributed by atoms with Gasteiger partial charge in [-0.25, -0.2) is 4.63 Å². The monoisotopic (exact) mass is 348 g/mol. The molecule has 138 valence electrons. The van der Waals surface area contributed by atoms with E-state index in [2.05, 4.69) is 20.1 Å². The van der Waals surface area contributed by atoms with Crippen molar-refractivity contribution in [1.29, 1.82) is 0 Å². The zero-order valence-corrected chi connectivity index (χ0v) is 15.1. The number of aromatic nitrogens is 2. The number of carbonyl (C=O) groups is 1. The number of likely N-dealkylation sites (tertiary alicyclic amines) is 2. The zero-order chi connectivity index (χ0) is 17.3. The molecule has 3 aliphatic rings. The molecule has 0 bridgehead atoms. The van der Waals surface area contributed by atoms with Crippen molar-refractivity contribution in [1.82, 2.24) is 20.1 Å². The lowest BCUT2D eigenvalue weighted by Crippen LogP contribution is -2.52.